The zero-order chi connectivity index (χ0) is 17.9. The highest BCUT2D eigenvalue weighted by molar-refractivity contribution is 5.79. The molecule has 0 saturated heterocycles. The smallest absolute Gasteiger partial charge is 0.224 e. The highest BCUT2D eigenvalue weighted by Gasteiger charge is 2.39. The van der Waals surface area contributed by atoms with Gasteiger partial charge in [0.1, 0.15) is 0 Å². The van der Waals surface area contributed by atoms with Crippen molar-refractivity contribution in [1.82, 2.24) is 10.3 Å². The predicted octanol–water partition coefficient (Wildman–Crippen LogP) is 4.10. The van der Waals surface area contributed by atoms with E-state index in [1.54, 1.807) is 0 Å². The van der Waals surface area contributed by atoms with Gasteiger partial charge in [-0.25, -0.2) is 0 Å². The van der Waals surface area contributed by atoms with E-state index in [0.717, 1.165) is 16.9 Å². The molecule has 2 heterocycles. The van der Waals surface area contributed by atoms with Gasteiger partial charge in [-0.2, -0.15) is 0 Å². The van der Waals surface area contributed by atoms with Gasteiger partial charge in [0.05, 0.1) is 23.8 Å². The first-order valence-corrected chi connectivity index (χ1v) is 9.77. The molecule has 2 aliphatic rings. The summed E-state index contributed by atoms with van der Waals surface area (Å²) in [5.74, 6) is 1.07. The number of fused-ring (bicyclic) bond motifs is 1. The molecule has 3 atom stereocenters. The normalized spacial score (nSPS) is 25.3. The van der Waals surface area contributed by atoms with Crippen LogP contribution in [0.4, 0.5) is 5.69 Å². The number of amides is 1. The van der Waals surface area contributed by atoms with E-state index in [9.17, 15) is 4.79 Å². The molecule has 1 amide bonds. The van der Waals surface area contributed by atoms with Crippen molar-refractivity contribution in [3.63, 3.8) is 0 Å². The highest BCUT2D eigenvalue weighted by atomic mass is 16.1. The second kappa shape index (κ2) is 7.48. The summed E-state index contributed by atoms with van der Waals surface area (Å²) in [6, 6.07) is 14.3. The molecule has 136 valence electrons. The lowest BCUT2D eigenvalue weighted by molar-refractivity contribution is -0.121. The van der Waals surface area contributed by atoms with Crippen LogP contribution in [-0.4, -0.2) is 16.9 Å². The molecule has 1 aromatic carbocycles. The molecule has 1 aliphatic heterocycles. The van der Waals surface area contributed by atoms with Crippen LogP contribution in [0.1, 0.15) is 49.9 Å². The number of hydrogen-bond acceptors (Lipinski definition) is 3. The third kappa shape index (κ3) is 3.46. The molecule has 0 spiro atoms. The molecular formula is C22H27N3O. The second-order valence-corrected chi connectivity index (χ2v) is 7.72. The standard InChI is InChI=1S/C22H27N3O/c1-15-20(17-10-5-6-11-17)24-18-12-7-13-23-22(18)21(15)25-19(26)14-16-8-3-2-4-9-16/h2-4,7-9,12-13,15,17,20-21,24H,5-6,10-11,14H2,1H3,(H,25,26)/t15-,20?,21?/m0/s1. The van der Waals surface area contributed by atoms with Crippen LogP contribution >= 0.6 is 0 Å². The Balaban J connectivity index is 1.55. The van der Waals surface area contributed by atoms with Crippen molar-refractivity contribution in [3.8, 4) is 0 Å². The van der Waals surface area contributed by atoms with Gasteiger partial charge in [-0.1, -0.05) is 50.1 Å². The van der Waals surface area contributed by atoms with Crippen LogP contribution in [0.3, 0.4) is 0 Å². The number of hydrogen-bond donors (Lipinski definition) is 2. The van der Waals surface area contributed by atoms with Gasteiger partial charge in [-0.3, -0.25) is 9.78 Å². The van der Waals surface area contributed by atoms with Crippen molar-refractivity contribution in [2.75, 3.05) is 5.32 Å². The fraction of sp³-hybridized carbons (Fsp3) is 0.455. The SMILES string of the molecule is C[C@@H]1C(NC(=O)Cc2ccccc2)c2ncccc2NC1C1CCCC1. The first-order valence-electron chi connectivity index (χ1n) is 9.77. The minimum atomic E-state index is -0.0331. The van der Waals surface area contributed by atoms with E-state index < -0.39 is 0 Å². The number of rotatable bonds is 4. The molecule has 4 nitrogen and oxygen atoms in total. The Labute approximate surface area is 155 Å². The maximum atomic E-state index is 12.7. The molecule has 26 heavy (non-hydrogen) atoms. The van der Waals surface area contributed by atoms with Crippen LogP contribution in [0.25, 0.3) is 0 Å². The Morgan fingerprint density at radius 3 is 2.69 bits per heavy atom. The molecule has 0 radical (unpaired) electrons. The van der Waals surface area contributed by atoms with Gasteiger partial charge in [0.15, 0.2) is 0 Å². The minimum Gasteiger partial charge on any atom is -0.380 e. The average molecular weight is 349 g/mol. The summed E-state index contributed by atoms with van der Waals surface area (Å²) in [6.45, 7) is 2.25. The molecule has 2 N–H and O–H groups in total. The second-order valence-electron chi connectivity index (χ2n) is 7.72. The van der Waals surface area contributed by atoms with Crippen molar-refractivity contribution in [3.05, 3.63) is 59.9 Å². The first kappa shape index (κ1) is 17.1. The van der Waals surface area contributed by atoms with Crippen molar-refractivity contribution in [1.29, 1.82) is 0 Å². The zero-order valence-electron chi connectivity index (χ0n) is 15.3. The van der Waals surface area contributed by atoms with E-state index in [2.05, 4.69) is 28.6 Å². The topological polar surface area (TPSA) is 54.0 Å². The third-order valence-electron chi connectivity index (χ3n) is 5.98. The summed E-state index contributed by atoms with van der Waals surface area (Å²) in [5.41, 5.74) is 3.09. The summed E-state index contributed by atoms with van der Waals surface area (Å²) in [4.78, 5) is 17.3. The van der Waals surface area contributed by atoms with Gasteiger partial charge in [-0.15, -0.1) is 0 Å². The summed E-state index contributed by atoms with van der Waals surface area (Å²) in [5, 5.41) is 7.01. The van der Waals surface area contributed by atoms with E-state index in [4.69, 9.17) is 0 Å². The number of aromatic nitrogens is 1. The van der Waals surface area contributed by atoms with Gasteiger partial charge in [0.2, 0.25) is 5.91 Å². The Bertz CT molecular complexity index is 755. The lowest BCUT2D eigenvalue weighted by Crippen LogP contribution is -2.47. The number of pyridine rings is 1. The van der Waals surface area contributed by atoms with Gasteiger partial charge in [-0.05, 0) is 36.5 Å². The molecule has 1 aromatic heterocycles. The Hall–Kier alpha value is -2.36. The van der Waals surface area contributed by atoms with Crippen LogP contribution in [0, 0.1) is 11.8 Å². The quantitative estimate of drug-likeness (QED) is 0.874. The lowest BCUT2D eigenvalue weighted by Gasteiger charge is -2.41. The van der Waals surface area contributed by atoms with Gasteiger partial charge in [0.25, 0.3) is 0 Å². The summed E-state index contributed by atoms with van der Waals surface area (Å²) in [6.07, 6.45) is 7.43. The number of benzene rings is 1. The Morgan fingerprint density at radius 1 is 1.15 bits per heavy atom. The Morgan fingerprint density at radius 2 is 1.92 bits per heavy atom. The maximum absolute atomic E-state index is 12.7. The van der Waals surface area contributed by atoms with Gasteiger partial charge in [0, 0.05) is 18.2 Å². The molecule has 2 unspecified atom stereocenters. The van der Waals surface area contributed by atoms with E-state index in [1.165, 1.54) is 25.7 Å². The van der Waals surface area contributed by atoms with Crippen LogP contribution in [0.15, 0.2) is 48.7 Å². The van der Waals surface area contributed by atoms with Crippen molar-refractivity contribution < 1.29 is 4.79 Å². The zero-order valence-corrected chi connectivity index (χ0v) is 15.3. The number of nitrogens with zero attached hydrogens (tertiary/aromatic N) is 1. The number of carbonyl (C=O) groups is 1. The molecule has 4 heteroatoms. The monoisotopic (exact) mass is 349 g/mol. The van der Waals surface area contributed by atoms with E-state index in [0.29, 0.717) is 24.3 Å². The van der Waals surface area contributed by atoms with E-state index in [1.807, 2.05) is 42.6 Å². The van der Waals surface area contributed by atoms with E-state index in [-0.39, 0.29) is 11.9 Å². The van der Waals surface area contributed by atoms with Gasteiger partial charge < -0.3 is 10.6 Å². The summed E-state index contributed by atoms with van der Waals surface area (Å²) < 4.78 is 0. The molecule has 0 bridgehead atoms. The van der Waals surface area contributed by atoms with Crippen LogP contribution < -0.4 is 10.6 Å². The molecule has 1 aliphatic carbocycles. The molecular weight excluding hydrogens is 322 g/mol. The van der Waals surface area contributed by atoms with Crippen LogP contribution in [0.2, 0.25) is 0 Å². The third-order valence-corrected chi connectivity index (χ3v) is 5.98. The summed E-state index contributed by atoms with van der Waals surface area (Å²) in [7, 11) is 0. The fourth-order valence-electron chi connectivity index (χ4n) is 4.62. The maximum Gasteiger partial charge on any atom is 0.224 e. The number of nitrogens with one attached hydrogen (secondary N) is 2. The first-order chi connectivity index (χ1) is 12.7. The predicted molar refractivity (Wildman–Crippen MR) is 104 cm³/mol. The largest absolute Gasteiger partial charge is 0.380 e. The van der Waals surface area contributed by atoms with Crippen LogP contribution in [-0.2, 0) is 11.2 Å². The van der Waals surface area contributed by atoms with Crippen molar-refractivity contribution in [2.24, 2.45) is 11.8 Å². The number of carbonyl (C=O) groups excluding carboxylic acids is 1. The molecule has 1 saturated carbocycles. The summed E-state index contributed by atoms with van der Waals surface area (Å²) >= 11 is 0. The van der Waals surface area contributed by atoms with Crippen LogP contribution in [0.5, 0.6) is 0 Å². The number of anilines is 1. The lowest BCUT2D eigenvalue weighted by atomic mass is 9.79. The molecule has 2 aromatic rings. The molecule has 4 rings (SSSR count). The average Bonchev–Trinajstić information content (AvgIpc) is 3.19. The minimum absolute atomic E-state index is 0.0331. The highest BCUT2D eigenvalue weighted by Crippen LogP contribution is 2.41. The van der Waals surface area contributed by atoms with Gasteiger partial charge >= 0.3 is 0 Å². The van der Waals surface area contributed by atoms with E-state index >= 15 is 0 Å². The Kier molecular flexibility index (Phi) is 4.91. The fourth-order valence-corrected chi connectivity index (χ4v) is 4.62. The molecule has 1 fully saturated rings. The van der Waals surface area contributed by atoms with Crippen molar-refractivity contribution in [2.45, 2.75) is 51.1 Å². The van der Waals surface area contributed by atoms with Crippen molar-refractivity contribution >= 4 is 11.6 Å².